The summed E-state index contributed by atoms with van der Waals surface area (Å²) in [5, 5.41) is 31.8. The van der Waals surface area contributed by atoms with E-state index in [4.69, 9.17) is 5.11 Å². The Bertz CT molecular complexity index is 866. The zero-order chi connectivity index (χ0) is 17.8. The van der Waals surface area contributed by atoms with Crippen molar-refractivity contribution >= 4 is 28.4 Å². The van der Waals surface area contributed by atoms with Crippen molar-refractivity contribution in [2.75, 3.05) is 31.1 Å². The summed E-state index contributed by atoms with van der Waals surface area (Å²) in [5.74, 6) is -0.577. The summed E-state index contributed by atoms with van der Waals surface area (Å²) in [5.41, 5.74) is 1.90. The quantitative estimate of drug-likeness (QED) is 0.416. The van der Waals surface area contributed by atoms with Crippen molar-refractivity contribution in [3.63, 3.8) is 0 Å². The van der Waals surface area contributed by atoms with Gasteiger partial charge in [-0.2, -0.15) is 5.26 Å². The molecule has 2 aromatic rings. The molecule has 3 N–H and O–H groups in total. The molecule has 2 aromatic carbocycles. The average molecular weight is 337 g/mol. The van der Waals surface area contributed by atoms with Crippen LogP contribution in [-0.2, 0) is 4.79 Å². The number of amides is 1. The Hall–Kier alpha value is -2.88. The normalized spacial score (nSPS) is 14.9. The number of hydrogen-bond acceptors (Lipinski definition) is 5. The molecule has 0 spiro atoms. The molecule has 6 nitrogen and oxygen atoms in total. The van der Waals surface area contributed by atoms with Crippen molar-refractivity contribution in [1.29, 1.82) is 5.26 Å². The zero-order valence-corrected chi connectivity index (χ0v) is 13.6. The second-order valence-corrected chi connectivity index (χ2v) is 5.99. The van der Waals surface area contributed by atoms with Gasteiger partial charge in [0.25, 0.3) is 5.91 Å². The lowest BCUT2D eigenvalue weighted by atomic mass is 10.0. The molecule has 1 atom stereocenters. The number of hydrogen-bond donors (Lipinski definition) is 3. The van der Waals surface area contributed by atoms with E-state index in [2.05, 4.69) is 22.3 Å². The van der Waals surface area contributed by atoms with E-state index in [9.17, 15) is 15.2 Å². The fraction of sp³-hybridized carbons (Fsp3) is 0.263. The van der Waals surface area contributed by atoms with Crippen LogP contribution >= 0.6 is 0 Å². The van der Waals surface area contributed by atoms with Gasteiger partial charge in [0.1, 0.15) is 11.6 Å². The highest BCUT2D eigenvalue weighted by Gasteiger charge is 2.17. The summed E-state index contributed by atoms with van der Waals surface area (Å²) in [6, 6.07) is 13.9. The van der Waals surface area contributed by atoms with Gasteiger partial charge in [-0.3, -0.25) is 4.79 Å². The van der Waals surface area contributed by atoms with Crippen LogP contribution in [0.1, 0.15) is 5.56 Å². The molecule has 0 bridgehead atoms. The van der Waals surface area contributed by atoms with Crippen molar-refractivity contribution < 1.29 is 15.0 Å². The molecule has 1 heterocycles. The van der Waals surface area contributed by atoms with Gasteiger partial charge in [0.05, 0.1) is 12.7 Å². The summed E-state index contributed by atoms with van der Waals surface area (Å²) in [6.07, 6.45) is 0.472. The number of nitrogens with zero attached hydrogens (tertiary/aromatic N) is 2. The number of carbonyl (C=O) groups excluding carboxylic acids is 1. The summed E-state index contributed by atoms with van der Waals surface area (Å²) >= 11 is 0. The number of fused-ring (bicyclic) bond motifs is 1. The highest BCUT2D eigenvalue weighted by molar-refractivity contribution is 6.02. The summed E-state index contributed by atoms with van der Waals surface area (Å²) in [7, 11) is 0. The standard InChI is InChI=1S/C19H19N3O3/c20-10-16(19(25)21-11-18(24)12-23)8-13-1-2-15-9-17(22-5-6-22)4-3-14(15)7-13/h1-4,7-9,18,23-24H,5-6,11-12H2,(H,21,25)/b16-8+. The predicted octanol–water partition coefficient (Wildman–Crippen LogP) is 1.04. The molecule has 1 aliphatic heterocycles. The summed E-state index contributed by atoms with van der Waals surface area (Å²) in [4.78, 5) is 14.3. The first-order valence-electron chi connectivity index (χ1n) is 8.08. The first kappa shape index (κ1) is 17.0. The molecule has 0 saturated carbocycles. The first-order chi connectivity index (χ1) is 12.1. The molecule has 1 saturated heterocycles. The van der Waals surface area contributed by atoms with Crippen molar-refractivity contribution in [1.82, 2.24) is 5.32 Å². The average Bonchev–Trinajstić information content (AvgIpc) is 3.48. The van der Waals surface area contributed by atoms with E-state index in [0.717, 1.165) is 29.4 Å². The molecule has 0 aromatic heterocycles. The minimum atomic E-state index is -1.04. The van der Waals surface area contributed by atoms with Crippen LogP contribution in [0.5, 0.6) is 0 Å². The number of benzene rings is 2. The van der Waals surface area contributed by atoms with E-state index in [1.165, 1.54) is 11.8 Å². The zero-order valence-electron chi connectivity index (χ0n) is 13.6. The third-order valence-electron chi connectivity index (χ3n) is 4.05. The van der Waals surface area contributed by atoms with Gasteiger partial charge >= 0.3 is 0 Å². The topological polar surface area (TPSA) is 96.4 Å². The molecule has 3 rings (SSSR count). The maximum Gasteiger partial charge on any atom is 0.262 e. The van der Waals surface area contributed by atoms with Crippen molar-refractivity contribution in [2.45, 2.75) is 6.10 Å². The Balaban J connectivity index is 1.79. The maximum absolute atomic E-state index is 12.0. The Morgan fingerprint density at radius 2 is 2.00 bits per heavy atom. The smallest absolute Gasteiger partial charge is 0.262 e. The fourth-order valence-electron chi connectivity index (χ4n) is 2.53. The van der Waals surface area contributed by atoms with Crippen molar-refractivity contribution in [3.05, 3.63) is 47.5 Å². The van der Waals surface area contributed by atoms with Crippen LogP contribution in [0.2, 0.25) is 0 Å². The van der Waals surface area contributed by atoms with Gasteiger partial charge in [0.15, 0.2) is 0 Å². The highest BCUT2D eigenvalue weighted by atomic mass is 16.3. The molecular weight excluding hydrogens is 318 g/mol. The van der Waals surface area contributed by atoms with Crippen LogP contribution in [0.25, 0.3) is 16.8 Å². The molecule has 1 unspecified atom stereocenters. The van der Waals surface area contributed by atoms with E-state index in [1.54, 1.807) is 0 Å². The molecule has 1 aliphatic rings. The lowest BCUT2D eigenvalue weighted by Crippen LogP contribution is -2.34. The lowest BCUT2D eigenvalue weighted by Gasteiger charge is -2.08. The van der Waals surface area contributed by atoms with Gasteiger partial charge in [0, 0.05) is 25.3 Å². The molecule has 1 amide bonds. The van der Waals surface area contributed by atoms with E-state index in [1.807, 2.05) is 30.3 Å². The molecule has 1 fully saturated rings. The number of anilines is 1. The second kappa shape index (κ2) is 7.34. The molecular formula is C19H19N3O3. The first-order valence-corrected chi connectivity index (χ1v) is 8.08. The minimum absolute atomic E-state index is 0.0507. The molecule has 25 heavy (non-hydrogen) atoms. The summed E-state index contributed by atoms with van der Waals surface area (Å²) < 4.78 is 0. The number of aliphatic hydroxyl groups excluding tert-OH is 2. The van der Waals surface area contributed by atoms with Gasteiger partial charge in [-0.25, -0.2) is 0 Å². The van der Waals surface area contributed by atoms with Crippen LogP contribution in [-0.4, -0.2) is 48.5 Å². The van der Waals surface area contributed by atoms with Crippen LogP contribution in [0.4, 0.5) is 5.69 Å². The SMILES string of the molecule is N#C/C(=C\c1ccc2cc(N3CC3)ccc2c1)C(=O)NCC(O)CO. The Labute approximate surface area is 145 Å². The van der Waals surface area contributed by atoms with Gasteiger partial charge in [0.2, 0.25) is 0 Å². The van der Waals surface area contributed by atoms with Crippen molar-refractivity contribution in [2.24, 2.45) is 0 Å². The maximum atomic E-state index is 12.0. The lowest BCUT2D eigenvalue weighted by molar-refractivity contribution is -0.117. The molecule has 6 heteroatoms. The van der Waals surface area contributed by atoms with Crippen LogP contribution in [0.15, 0.2) is 42.0 Å². The Kier molecular flexibility index (Phi) is 4.98. The fourth-order valence-corrected chi connectivity index (χ4v) is 2.53. The number of rotatable bonds is 6. The van der Waals surface area contributed by atoms with Gasteiger partial charge in [-0.1, -0.05) is 18.2 Å². The van der Waals surface area contributed by atoms with Gasteiger partial charge in [-0.15, -0.1) is 0 Å². The van der Waals surface area contributed by atoms with E-state index < -0.39 is 18.6 Å². The molecule has 0 aliphatic carbocycles. The predicted molar refractivity (Wildman–Crippen MR) is 95.9 cm³/mol. The van der Waals surface area contributed by atoms with Gasteiger partial charge < -0.3 is 20.4 Å². The third kappa shape index (κ3) is 4.15. The van der Waals surface area contributed by atoms with E-state index >= 15 is 0 Å². The molecule has 128 valence electrons. The number of nitrogens with one attached hydrogen (secondary N) is 1. The minimum Gasteiger partial charge on any atom is -0.394 e. The number of nitriles is 1. The molecule has 0 radical (unpaired) electrons. The van der Waals surface area contributed by atoms with Crippen LogP contribution in [0, 0.1) is 11.3 Å². The largest absolute Gasteiger partial charge is 0.394 e. The van der Waals surface area contributed by atoms with Crippen LogP contribution in [0.3, 0.4) is 0 Å². The van der Waals surface area contributed by atoms with E-state index in [0.29, 0.717) is 0 Å². The monoisotopic (exact) mass is 337 g/mol. The van der Waals surface area contributed by atoms with Crippen LogP contribution < -0.4 is 10.2 Å². The Morgan fingerprint density at radius 1 is 1.28 bits per heavy atom. The highest BCUT2D eigenvalue weighted by Crippen LogP contribution is 2.27. The summed E-state index contributed by atoms with van der Waals surface area (Å²) in [6.45, 7) is 1.64. The third-order valence-corrected chi connectivity index (χ3v) is 4.05. The van der Waals surface area contributed by atoms with Gasteiger partial charge in [-0.05, 0) is 40.6 Å². The van der Waals surface area contributed by atoms with E-state index in [-0.39, 0.29) is 12.1 Å². The van der Waals surface area contributed by atoms with Crippen molar-refractivity contribution in [3.8, 4) is 6.07 Å². The second-order valence-electron chi connectivity index (χ2n) is 5.99. The number of aliphatic hydroxyl groups is 2. The Morgan fingerprint density at radius 3 is 2.68 bits per heavy atom. The number of carbonyl (C=O) groups is 1.